The van der Waals surface area contributed by atoms with E-state index in [1.165, 1.54) is 11.1 Å². The lowest BCUT2D eigenvalue weighted by molar-refractivity contribution is 0.0799. The van der Waals surface area contributed by atoms with Crippen LogP contribution in [0.5, 0.6) is 0 Å². The van der Waals surface area contributed by atoms with Gasteiger partial charge < -0.3 is 9.67 Å². The first-order valence-corrected chi connectivity index (χ1v) is 6.15. The quantitative estimate of drug-likeness (QED) is 0.836. The van der Waals surface area contributed by atoms with Crippen molar-refractivity contribution in [2.75, 3.05) is 0 Å². The Morgan fingerprint density at radius 2 is 1.88 bits per heavy atom. The van der Waals surface area contributed by atoms with Crippen molar-refractivity contribution >= 4 is 10.9 Å². The zero-order valence-corrected chi connectivity index (χ0v) is 11.3. The lowest BCUT2D eigenvalue weighted by Gasteiger charge is -2.16. The summed E-state index contributed by atoms with van der Waals surface area (Å²) in [5.74, 6) is 0. The maximum Gasteiger partial charge on any atom is 0.0861 e. The average Bonchev–Trinajstić information content (AvgIpc) is 2.55. The van der Waals surface area contributed by atoms with Crippen molar-refractivity contribution in [2.24, 2.45) is 0 Å². The van der Waals surface area contributed by atoms with Crippen LogP contribution in [-0.2, 0) is 5.60 Å². The molecule has 1 aromatic heterocycles. The standard InChI is InChI=1S/C15H21NO/c1-10(2)16-9-13(15(4,5)17)12-7-6-11(3)8-14(12)16/h6-10,17H,1-5H3. The summed E-state index contributed by atoms with van der Waals surface area (Å²) in [6.45, 7) is 10.1. The first kappa shape index (κ1) is 12.2. The van der Waals surface area contributed by atoms with Gasteiger partial charge in [-0.3, -0.25) is 0 Å². The van der Waals surface area contributed by atoms with Crippen molar-refractivity contribution in [3.63, 3.8) is 0 Å². The second-order valence-corrected chi connectivity index (χ2v) is 5.62. The molecular weight excluding hydrogens is 210 g/mol. The van der Waals surface area contributed by atoms with E-state index in [9.17, 15) is 5.11 Å². The average molecular weight is 231 g/mol. The summed E-state index contributed by atoms with van der Waals surface area (Å²) >= 11 is 0. The molecule has 17 heavy (non-hydrogen) atoms. The van der Waals surface area contributed by atoms with Crippen LogP contribution in [-0.4, -0.2) is 9.67 Å². The highest BCUT2D eigenvalue weighted by molar-refractivity contribution is 5.85. The molecule has 2 aromatic rings. The molecule has 0 aliphatic rings. The van der Waals surface area contributed by atoms with Crippen LogP contribution in [0.3, 0.4) is 0 Å². The van der Waals surface area contributed by atoms with Gasteiger partial charge >= 0.3 is 0 Å². The maximum absolute atomic E-state index is 10.2. The summed E-state index contributed by atoms with van der Waals surface area (Å²) in [5, 5.41) is 11.4. The van der Waals surface area contributed by atoms with Crippen LogP contribution >= 0.6 is 0 Å². The molecule has 92 valence electrons. The Labute approximate surface area is 103 Å². The van der Waals surface area contributed by atoms with Gasteiger partial charge in [0.2, 0.25) is 0 Å². The smallest absolute Gasteiger partial charge is 0.0861 e. The van der Waals surface area contributed by atoms with Gasteiger partial charge in [-0.15, -0.1) is 0 Å². The summed E-state index contributed by atoms with van der Waals surface area (Å²) in [6, 6.07) is 6.79. The van der Waals surface area contributed by atoms with Gasteiger partial charge in [-0.1, -0.05) is 12.1 Å². The van der Waals surface area contributed by atoms with Crippen molar-refractivity contribution in [1.29, 1.82) is 0 Å². The van der Waals surface area contributed by atoms with Crippen LogP contribution in [0, 0.1) is 6.92 Å². The molecular formula is C15H21NO. The molecule has 2 heteroatoms. The van der Waals surface area contributed by atoms with Crippen LogP contribution in [0.1, 0.15) is 44.9 Å². The van der Waals surface area contributed by atoms with Crippen LogP contribution in [0.25, 0.3) is 10.9 Å². The molecule has 0 fully saturated rings. The number of aromatic nitrogens is 1. The summed E-state index contributed by atoms with van der Waals surface area (Å²) in [4.78, 5) is 0. The van der Waals surface area contributed by atoms with E-state index in [-0.39, 0.29) is 0 Å². The third-order valence-corrected chi connectivity index (χ3v) is 3.21. The normalized spacial score (nSPS) is 12.6. The van der Waals surface area contributed by atoms with Gasteiger partial charge in [0.1, 0.15) is 0 Å². The van der Waals surface area contributed by atoms with Crippen LogP contribution in [0.4, 0.5) is 0 Å². The van der Waals surface area contributed by atoms with Crippen molar-refractivity contribution in [3.05, 3.63) is 35.5 Å². The Bertz CT molecular complexity index is 544. The van der Waals surface area contributed by atoms with Crippen molar-refractivity contribution in [1.82, 2.24) is 4.57 Å². The molecule has 2 nitrogen and oxygen atoms in total. The van der Waals surface area contributed by atoms with Gasteiger partial charge in [0.25, 0.3) is 0 Å². The van der Waals surface area contributed by atoms with E-state index in [1.54, 1.807) is 0 Å². The molecule has 0 amide bonds. The SMILES string of the molecule is Cc1ccc2c(C(C)(C)O)cn(C(C)C)c2c1. The Hall–Kier alpha value is -1.28. The number of fused-ring (bicyclic) bond motifs is 1. The molecule has 0 aliphatic carbocycles. The Morgan fingerprint density at radius 1 is 1.24 bits per heavy atom. The van der Waals surface area contributed by atoms with Gasteiger partial charge in [-0.2, -0.15) is 0 Å². The van der Waals surface area contributed by atoms with Crippen molar-refractivity contribution in [3.8, 4) is 0 Å². The summed E-state index contributed by atoms with van der Waals surface area (Å²) in [5.41, 5.74) is 2.66. The highest BCUT2D eigenvalue weighted by Crippen LogP contribution is 2.32. The molecule has 0 unspecified atom stereocenters. The first-order chi connectivity index (χ1) is 7.80. The second-order valence-electron chi connectivity index (χ2n) is 5.62. The van der Waals surface area contributed by atoms with E-state index in [1.807, 2.05) is 13.8 Å². The minimum absolute atomic E-state index is 0.399. The van der Waals surface area contributed by atoms with E-state index in [0.29, 0.717) is 6.04 Å². The molecule has 0 atom stereocenters. The highest BCUT2D eigenvalue weighted by Gasteiger charge is 2.22. The molecule has 0 bridgehead atoms. The predicted octanol–water partition coefficient (Wildman–Crippen LogP) is 3.76. The Kier molecular flexibility index (Phi) is 2.78. The third kappa shape index (κ3) is 2.09. The molecule has 1 aromatic carbocycles. The third-order valence-electron chi connectivity index (χ3n) is 3.21. The molecule has 0 saturated heterocycles. The summed E-state index contributed by atoms with van der Waals surface area (Å²) < 4.78 is 2.23. The zero-order valence-electron chi connectivity index (χ0n) is 11.3. The summed E-state index contributed by atoms with van der Waals surface area (Å²) in [6.07, 6.45) is 2.08. The first-order valence-electron chi connectivity index (χ1n) is 6.15. The predicted molar refractivity (Wildman–Crippen MR) is 72.3 cm³/mol. The number of hydrogen-bond acceptors (Lipinski definition) is 1. The fourth-order valence-corrected chi connectivity index (χ4v) is 2.28. The fraction of sp³-hybridized carbons (Fsp3) is 0.467. The van der Waals surface area contributed by atoms with Crippen molar-refractivity contribution < 1.29 is 5.11 Å². The van der Waals surface area contributed by atoms with Gasteiger partial charge in [0.15, 0.2) is 0 Å². The molecule has 0 saturated carbocycles. The highest BCUT2D eigenvalue weighted by atomic mass is 16.3. The van der Waals surface area contributed by atoms with Crippen LogP contribution in [0.15, 0.2) is 24.4 Å². The van der Waals surface area contributed by atoms with Gasteiger partial charge in [-0.25, -0.2) is 0 Å². The number of hydrogen-bond donors (Lipinski definition) is 1. The molecule has 1 N–H and O–H groups in total. The number of rotatable bonds is 2. The number of aryl methyl sites for hydroxylation is 1. The van der Waals surface area contributed by atoms with Gasteiger partial charge in [-0.05, 0) is 46.2 Å². The van der Waals surface area contributed by atoms with E-state index in [4.69, 9.17) is 0 Å². The lowest BCUT2D eigenvalue weighted by Crippen LogP contribution is -2.14. The zero-order chi connectivity index (χ0) is 12.8. The van der Waals surface area contributed by atoms with E-state index in [2.05, 4.69) is 49.7 Å². The number of nitrogens with zero attached hydrogens (tertiary/aromatic N) is 1. The largest absolute Gasteiger partial charge is 0.386 e. The maximum atomic E-state index is 10.2. The summed E-state index contributed by atoms with van der Waals surface area (Å²) in [7, 11) is 0. The van der Waals surface area contributed by atoms with E-state index in [0.717, 1.165) is 10.9 Å². The fourth-order valence-electron chi connectivity index (χ4n) is 2.28. The minimum Gasteiger partial charge on any atom is -0.386 e. The molecule has 0 radical (unpaired) electrons. The Balaban J connectivity index is 2.80. The van der Waals surface area contributed by atoms with Gasteiger partial charge in [0.05, 0.1) is 5.60 Å². The van der Waals surface area contributed by atoms with E-state index < -0.39 is 5.60 Å². The molecule has 2 rings (SSSR count). The lowest BCUT2D eigenvalue weighted by atomic mass is 9.97. The van der Waals surface area contributed by atoms with Crippen molar-refractivity contribution in [2.45, 2.75) is 46.3 Å². The second kappa shape index (κ2) is 3.88. The number of aliphatic hydroxyl groups is 1. The topological polar surface area (TPSA) is 25.2 Å². The van der Waals surface area contributed by atoms with Crippen LogP contribution < -0.4 is 0 Å². The van der Waals surface area contributed by atoms with E-state index >= 15 is 0 Å². The molecule has 0 spiro atoms. The van der Waals surface area contributed by atoms with Crippen LogP contribution in [0.2, 0.25) is 0 Å². The number of benzene rings is 1. The minimum atomic E-state index is -0.798. The molecule has 1 heterocycles. The monoisotopic (exact) mass is 231 g/mol. The Morgan fingerprint density at radius 3 is 2.41 bits per heavy atom. The molecule has 0 aliphatic heterocycles. The van der Waals surface area contributed by atoms with Gasteiger partial charge in [0, 0.05) is 28.7 Å².